The molecule has 0 aliphatic carbocycles. The highest BCUT2D eigenvalue weighted by atomic mass is 32.1. The number of thiazole rings is 1. The highest BCUT2D eigenvalue weighted by Gasteiger charge is 2.44. The Morgan fingerprint density at radius 2 is 1.69 bits per heavy atom. The van der Waals surface area contributed by atoms with E-state index in [2.05, 4.69) is 37.7 Å². The Hall–Kier alpha value is -6.10. The highest BCUT2D eigenvalue weighted by Crippen LogP contribution is 2.33. The maximum atomic E-state index is 14.1. The summed E-state index contributed by atoms with van der Waals surface area (Å²) >= 11 is 1.58. The monoisotopic (exact) mass is 799 g/mol. The van der Waals surface area contributed by atoms with Crippen LogP contribution in [0.25, 0.3) is 32.8 Å². The molecule has 3 aromatic carbocycles. The maximum absolute atomic E-state index is 14.1. The lowest BCUT2D eigenvalue weighted by Gasteiger charge is -2.35. The van der Waals surface area contributed by atoms with Crippen LogP contribution in [0, 0.1) is 24.2 Å². The summed E-state index contributed by atoms with van der Waals surface area (Å²) in [4.78, 5) is 47.7. The van der Waals surface area contributed by atoms with Crippen molar-refractivity contribution in [2.24, 2.45) is 5.41 Å². The Labute approximate surface area is 342 Å². The van der Waals surface area contributed by atoms with E-state index in [0.717, 1.165) is 32.8 Å². The fourth-order valence-corrected chi connectivity index (χ4v) is 7.75. The number of aliphatic hydroxyl groups is 1. The number of likely N-dealkylation sites (tertiary alicyclic amines) is 1. The molecule has 13 heteroatoms. The van der Waals surface area contributed by atoms with Crippen LogP contribution in [0.2, 0.25) is 0 Å². The number of hydrogen-bond acceptors (Lipinski definition) is 10. The summed E-state index contributed by atoms with van der Waals surface area (Å²) in [5, 5.41) is 35.1. The summed E-state index contributed by atoms with van der Waals surface area (Å²) in [7, 11) is 0. The first-order chi connectivity index (χ1) is 27.7. The summed E-state index contributed by atoms with van der Waals surface area (Å²) in [6.45, 7) is 9.44. The number of carbonyl (C=O) groups is 3. The van der Waals surface area contributed by atoms with Gasteiger partial charge in [-0.05, 0) is 72.7 Å². The molecule has 1 fully saturated rings. The Kier molecular flexibility index (Phi) is 12.9. The molecule has 4 atom stereocenters. The fraction of sp³-hybridized carbons (Fsp3) is 0.333. The molecule has 58 heavy (non-hydrogen) atoms. The van der Waals surface area contributed by atoms with E-state index in [4.69, 9.17) is 5.73 Å². The minimum absolute atomic E-state index is 0.000668. The average Bonchev–Trinajstić information content (AvgIpc) is 3.82. The van der Waals surface area contributed by atoms with Gasteiger partial charge in [0.1, 0.15) is 17.8 Å². The molecular formula is C45H49N7O5S. The van der Waals surface area contributed by atoms with Gasteiger partial charge in [0.2, 0.25) is 17.7 Å². The van der Waals surface area contributed by atoms with E-state index < -0.39 is 29.5 Å². The van der Waals surface area contributed by atoms with E-state index in [0.29, 0.717) is 29.7 Å². The molecule has 3 amide bonds. The third kappa shape index (κ3) is 9.88. The Morgan fingerprint density at radius 3 is 2.36 bits per heavy atom. The molecule has 6 N–H and O–H groups in total. The number of phenols is 1. The van der Waals surface area contributed by atoms with E-state index in [1.165, 1.54) is 4.90 Å². The van der Waals surface area contributed by atoms with Gasteiger partial charge < -0.3 is 31.5 Å². The minimum Gasteiger partial charge on any atom is -0.507 e. The van der Waals surface area contributed by atoms with E-state index in [9.17, 15) is 24.6 Å². The summed E-state index contributed by atoms with van der Waals surface area (Å²) in [6.07, 6.45) is 0.340. The van der Waals surface area contributed by atoms with Gasteiger partial charge in [-0.3, -0.25) is 14.4 Å². The van der Waals surface area contributed by atoms with Gasteiger partial charge in [0.25, 0.3) is 0 Å². The first-order valence-electron chi connectivity index (χ1n) is 19.3. The quantitative estimate of drug-likeness (QED) is 0.0743. The van der Waals surface area contributed by atoms with Crippen LogP contribution in [-0.2, 0) is 14.4 Å². The van der Waals surface area contributed by atoms with Gasteiger partial charge in [-0.2, -0.15) is 0 Å². The number of para-hydroxylation sites is 1. The molecule has 300 valence electrons. The first kappa shape index (κ1) is 41.5. The predicted molar refractivity (Wildman–Crippen MR) is 226 cm³/mol. The zero-order valence-corrected chi connectivity index (χ0v) is 34.1. The number of nitrogens with one attached hydrogen (secondary N) is 2. The number of aryl methyl sites for hydroxylation is 1. The zero-order chi connectivity index (χ0) is 41.6. The van der Waals surface area contributed by atoms with Gasteiger partial charge in [0.15, 0.2) is 5.82 Å². The Balaban J connectivity index is 1.02. The van der Waals surface area contributed by atoms with Gasteiger partial charge in [-0.1, -0.05) is 81.1 Å². The number of nitrogen functional groups attached to an aromatic ring is 1. The lowest BCUT2D eigenvalue weighted by molar-refractivity contribution is -0.144. The normalized spacial score (nSPS) is 16.2. The molecule has 2 aromatic heterocycles. The predicted octanol–water partition coefficient (Wildman–Crippen LogP) is 6.42. The molecule has 6 rings (SSSR count). The van der Waals surface area contributed by atoms with Crippen LogP contribution in [0.4, 0.5) is 5.82 Å². The van der Waals surface area contributed by atoms with Crippen molar-refractivity contribution in [2.45, 2.75) is 84.5 Å². The molecule has 5 aromatic rings. The number of nitrogens with two attached hydrogens (primary N) is 1. The van der Waals surface area contributed by atoms with Gasteiger partial charge in [-0.15, -0.1) is 21.5 Å². The number of unbranched alkanes of at least 4 members (excludes halogenated alkanes) is 1. The van der Waals surface area contributed by atoms with Crippen molar-refractivity contribution in [3.05, 3.63) is 101 Å². The number of carbonyl (C=O) groups excluding carboxylic acids is 3. The van der Waals surface area contributed by atoms with Crippen LogP contribution < -0.4 is 16.4 Å². The summed E-state index contributed by atoms with van der Waals surface area (Å²) in [5.41, 5.74) is 13.6. The van der Waals surface area contributed by atoms with Crippen LogP contribution in [0.5, 0.6) is 5.75 Å². The number of benzene rings is 3. The van der Waals surface area contributed by atoms with E-state index in [-0.39, 0.29) is 48.8 Å². The molecule has 0 radical (unpaired) electrons. The molecule has 12 nitrogen and oxygen atoms in total. The van der Waals surface area contributed by atoms with Crippen molar-refractivity contribution in [3.63, 3.8) is 0 Å². The summed E-state index contributed by atoms with van der Waals surface area (Å²) < 4.78 is 0. The van der Waals surface area contributed by atoms with Gasteiger partial charge in [0, 0.05) is 42.5 Å². The number of amides is 3. The lowest BCUT2D eigenvalue weighted by atomic mass is 9.85. The van der Waals surface area contributed by atoms with Gasteiger partial charge in [-0.25, -0.2) is 4.98 Å². The van der Waals surface area contributed by atoms with Gasteiger partial charge in [0.05, 0.1) is 33.9 Å². The number of aromatic hydroxyl groups is 1. The van der Waals surface area contributed by atoms with Crippen LogP contribution in [0.15, 0.2) is 84.4 Å². The first-order valence-corrected chi connectivity index (χ1v) is 20.2. The number of aromatic nitrogens is 3. The van der Waals surface area contributed by atoms with Crippen molar-refractivity contribution in [1.82, 2.24) is 30.7 Å². The standard InChI is InChI=1S/C45H49N7O5S/c1-27(30-19-21-32(22-20-30)40-28(2)47-26-58-40)48-43(56)37-23-33(53)25-52(37)44(57)41(45(3,4)5)49-39(55)14-8-6-7-11-29-15-17-31(18-16-29)35-24-36(50-51-42(35)46)34-12-9-10-13-38(34)54/h9-10,12-13,15-22,24,26-27,33,37,41,53-54H,6,8,14,23,25H2,1-5H3,(H2,46,51)(H,48,56)(H,49,55)/t27-,33+,37-,41+/m0/s1. The van der Waals surface area contributed by atoms with Crippen LogP contribution in [0.3, 0.4) is 0 Å². The lowest BCUT2D eigenvalue weighted by Crippen LogP contribution is -2.57. The van der Waals surface area contributed by atoms with Crippen molar-refractivity contribution >= 4 is 34.9 Å². The summed E-state index contributed by atoms with van der Waals surface area (Å²) in [6, 6.07) is 22.0. The molecule has 1 aliphatic heterocycles. The number of rotatable bonds is 11. The summed E-state index contributed by atoms with van der Waals surface area (Å²) in [5.74, 6) is 5.56. The van der Waals surface area contributed by atoms with E-state index >= 15 is 0 Å². The average molecular weight is 800 g/mol. The van der Waals surface area contributed by atoms with Crippen LogP contribution >= 0.6 is 11.3 Å². The third-order valence-corrected chi connectivity index (χ3v) is 11.2. The second-order valence-electron chi connectivity index (χ2n) is 15.7. The topological polar surface area (TPSA) is 184 Å². The third-order valence-electron chi connectivity index (χ3n) is 10.2. The fourth-order valence-electron chi connectivity index (χ4n) is 6.94. The van der Waals surface area contributed by atoms with Crippen molar-refractivity contribution in [2.75, 3.05) is 12.3 Å². The molecule has 0 unspecified atom stereocenters. The minimum atomic E-state index is -0.913. The molecule has 1 saturated heterocycles. The molecule has 3 heterocycles. The Morgan fingerprint density at radius 1 is 0.983 bits per heavy atom. The number of phenolic OH excluding ortho intramolecular Hbond substituents is 1. The number of aliphatic hydroxyl groups excluding tert-OH is 1. The number of hydrogen-bond donors (Lipinski definition) is 5. The number of nitrogens with zero attached hydrogens (tertiary/aromatic N) is 4. The molecule has 1 aliphatic rings. The van der Waals surface area contributed by atoms with Crippen molar-refractivity contribution in [3.8, 4) is 50.4 Å². The SMILES string of the molecule is Cc1ncsc1-c1ccc([C@H](C)NC(=O)[C@@H]2C[C@@H](O)CN2C(=O)[C@@H](NC(=O)CCCC#Cc2ccc(-c3cc(-c4ccccc4O)nnc3N)cc2)C(C)(C)C)cc1. The maximum Gasteiger partial charge on any atom is 0.246 e. The highest BCUT2D eigenvalue weighted by molar-refractivity contribution is 7.13. The van der Waals surface area contributed by atoms with Gasteiger partial charge >= 0.3 is 0 Å². The van der Waals surface area contributed by atoms with E-state index in [1.54, 1.807) is 35.6 Å². The van der Waals surface area contributed by atoms with E-state index in [1.807, 2.05) is 94.7 Å². The van der Waals surface area contributed by atoms with Crippen molar-refractivity contribution in [1.29, 1.82) is 0 Å². The Bertz CT molecular complexity index is 2330. The second-order valence-corrected chi connectivity index (χ2v) is 16.5. The van der Waals surface area contributed by atoms with Crippen LogP contribution in [-0.4, -0.2) is 72.7 Å². The van der Waals surface area contributed by atoms with Crippen molar-refractivity contribution < 1.29 is 24.6 Å². The zero-order valence-electron chi connectivity index (χ0n) is 33.3. The molecule has 0 bridgehead atoms. The largest absolute Gasteiger partial charge is 0.507 e. The second kappa shape index (κ2) is 18.0. The smallest absolute Gasteiger partial charge is 0.246 e. The number of β-amino-alcohol motifs (C(OH)–C–C–N with tert-alkyl or cyclic N) is 1. The molecule has 0 spiro atoms. The number of anilines is 1. The van der Waals surface area contributed by atoms with Crippen LogP contribution in [0.1, 0.15) is 76.2 Å². The molecular weight excluding hydrogens is 751 g/mol. The molecule has 0 saturated carbocycles.